The molecule has 1 aromatic rings. The smallest absolute Gasteiger partial charge is 0.175 e. The molecule has 0 bridgehead atoms. The van der Waals surface area contributed by atoms with E-state index in [0.29, 0.717) is 6.61 Å². The number of halogens is 1. The topological polar surface area (TPSA) is 50.7 Å². The van der Waals surface area contributed by atoms with Crippen molar-refractivity contribution in [1.29, 1.82) is 0 Å². The zero-order valence-electron chi connectivity index (χ0n) is 10.8. The quantitative estimate of drug-likeness (QED) is 0.723. The highest BCUT2D eigenvalue weighted by molar-refractivity contribution is 9.10. The number of aliphatic hydroxyl groups is 1. The van der Waals surface area contributed by atoms with Crippen molar-refractivity contribution in [3.05, 3.63) is 22.2 Å². The number of rotatable bonds is 8. The Labute approximate surface area is 116 Å². The summed E-state index contributed by atoms with van der Waals surface area (Å²) in [6.45, 7) is 4.29. The molecule has 0 radical (unpaired) electrons. The molecule has 0 aromatic heterocycles. The maximum absolute atomic E-state index is 8.70. The van der Waals surface area contributed by atoms with Gasteiger partial charge in [-0.1, -0.05) is 0 Å². The summed E-state index contributed by atoms with van der Waals surface area (Å²) in [6.07, 6.45) is 0.759. The molecule has 0 aliphatic heterocycles. The van der Waals surface area contributed by atoms with Gasteiger partial charge >= 0.3 is 0 Å². The van der Waals surface area contributed by atoms with E-state index in [4.69, 9.17) is 14.6 Å². The molecule has 18 heavy (non-hydrogen) atoms. The summed E-state index contributed by atoms with van der Waals surface area (Å²) in [7, 11) is 1.63. The first-order chi connectivity index (χ1) is 8.72. The maximum atomic E-state index is 8.70. The lowest BCUT2D eigenvalue weighted by Crippen LogP contribution is -2.15. The Morgan fingerprint density at radius 1 is 1.39 bits per heavy atom. The van der Waals surface area contributed by atoms with Crippen LogP contribution in [-0.4, -0.2) is 32.0 Å². The summed E-state index contributed by atoms with van der Waals surface area (Å²) < 4.78 is 11.7. The van der Waals surface area contributed by atoms with Gasteiger partial charge in [0, 0.05) is 13.2 Å². The van der Waals surface area contributed by atoms with Crippen LogP contribution < -0.4 is 14.8 Å². The average Bonchev–Trinajstić information content (AvgIpc) is 2.37. The zero-order valence-corrected chi connectivity index (χ0v) is 12.4. The van der Waals surface area contributed by atoms with Crippen LogP contribution >= 0.6 is 15.9 Å². The third-order valence-corrected chi connectivity index (χ3v) is 3.01. The van der Waals surface area contributed by atoms with Gasteiger partial charge in [-0.15, -0.1) is 0 Å². The standard InChI is InChI=1S/C13H20BrNO3/c1-3-18-13-11(14)7-10(8-12(13)17-2)9-15-5-4-6-16/h7-8,15-16H,3-6,9H2,1-2H3. The summed E-state index contributed by atoms with van der Waals surface area (Å²) >= 11 is 3.49. The third-order valence-electron chi connectivity index (χ3n) is 2.42. The molecule has 0 aliphatic carbocycles. The van der Waals surface area contributed by atoms with Crippen molar-refractivity contribution in [2.75, 3.05) is 26.9 Å². The van der Waals surface area contributed by atoms with E-state index in [2.05, 4.69) is 21.2 Å². The van der Waals surface area contributed by atoms with E-state index in [-0.39, 0.29) is 6.61 Å². The Balaban J connectivity index is 2.73. The van der Waals surface area contributed by atoms with Gasteiger partial charge in [0.15, 0.2) is 11.5 Å². The van der Waals surface area contributed by atoms with E-state index in [0.717, 1.165) is 41.0 Å². The number of ether oxygens (including phenoxy) is 2. The molecule has 0 unspecified atom stereocenters. The summed E-state index contributed by atoms with van der Waals surface area (Å²) in [6, 6.07) is 3.97. The zero-order chi connectivity index (χ0) is 13.4. The van der Waals surface area contributed by atoms with Gasteiger partial charge in [-0.25, -0.2) is 0 Å². The van der Waals surface area contributed by atoms with Crippen LogP contribution in [0, 0.1) is 0 Å². The van der Waals surface area contributed by atoms with Crippen molar-refractivity contribution < 1.29 is 14.6 Å². The molecule has 0 saturated heterocycles. The van der Waals surface area contributed by atoms with Crippen LogP contribution in [0.1, 0.15) is 18.9 Å². The first-order valence-corrected chi connectivity index (χ1v) is 6.83. The Morgan fingerprint density at radius 2 is 2.17 bits per heavy atom. The molecule has 102 valence electrons. The molecule has 0 saturated carbocycles. The van der Waals surface area contributed by atoms with Crippen molar-refractivity contribution in [1.82, 2.24) is 5.32 Å². The SMILES string of the molecule is CCOc1c(Br)cc(CNCCCO)cc1OC. The molecular weight excluding hydrogens is 298 g/mol. The summed E-state index contributed by atoms with van der Waals surface area (Å²) in [5.74, 6) is 1.46. The van der Waals surface area contributed by atoms with Crippen molar-refractivity contribution in [2.45, 2.75) is 19.9 Å². The largest absolute Gasteiger partial charge is 0.493 e. The fourth-order valence-corrected chi connectivity index (χ4v) is 2.20. The highest BCUT2D eigenvalue weighted by atomic mass is 79.9. The Morgan fingerprint density at radius 3 is 2.78 bits per heavy atom. The molecule has 5 heteroatoms. The van der Waals surface area contributed by atoms with Gasteiger partial charge in [0.05, 0.1) is 18.2 Å². The number of aliphatic hydroxyl groups excluding tert-OH is 1. The third kappa shape index (κ3) is 4.48. The molecule has 0 heterocycles. The number of hydrogen-bond acceptors (Lipinski definition) is 4. The summed E-state index contributed by atoms with van der Waals surface area (Å²) in [5, 5.41) is 12.0. The molecule has 0 aliphatic rings. The van der Waals surface area contributed by atoms with Crippen LogP contribution in [-0.2, 0) is 6.54 Å². The van der Waals surface area contributed by atoms with Crippen LogP contribution in [0.5, 0.6) is 11.5 Å². The lowest BCUT2D eigenvalue weighted by molar-refractivity contribution is 0.286. The van der Waals surface area contributed by atoms with E-state index in [1.807, 2.05) is 19.1 Å². The lowest BCUT2D eigenvalue weighted by atomic mass is 10.2. The monoisotopic (exact) mass is 317 g/mol. The summed E-state index contributed by atoms with van der Waals surface area (Å²) in [5.41, 5.74) is 1.11. The Bertz CT molecular complexity index is 371. The molecule has 0 amide bonds. The van der Waals surface area contributed by atoms with Gasteiger partial charge in [0.2, 0.25) is 0 Å². The molecule has 1 aromatic carbocycles. The predicted octanol–water partition coefficient (Wildman–Crippen LogP) is 2.33. The fourth-order valence-electron chi connectivity index (χ4n) is 1.60. The molecular formula is C13H20BrNO3. The van der Waals surface area contributed by atoms with Crippen LogP contribution in [0.2, 0.25) is 0 Å². The minimum absolute atomic E-state index is 0.212. The lowest BCUT2D eigenvalue weighted by Gasteiger charge is -2.13. The number of methoxy groups -OCH3 is 1. The molecule has 0 fully saturated rings. The van der Waals surface area contributed by atoms with Gasteiger partial charge in [0.1, 0.15) is 0 Å². The minimum Gasteiger partial charge on any atom is -0.493 e. The minimum atomic E-state index is 0.212. The second-order valence-electron chi connectivity index (χ2n) is 3.80. The first kappa shape index (κ1) is 15.3. The van der Waals surface area contributed by atoms with Crippen molar-refractivity contribution in [3.8, 4) is 11.5 Å². The van der Waals surface area contributed by atoms with Crippen molar-refractivity contribution >= 4 is 15.9 Å². The average molecular weight is 318 g/mol. The van der Waals surface area contributed by atoms with E-state index < -0.39 is 0 Å². The van der Waals surface area contributed by atoms with Gasteiger partial charge in [-0.3, -0.25) is 0 Å². The van der Waals surface area contributed by atoms with Gasteiger partial charge < -0.3 is 19.9 Å². The normalized spacial score (nSPS) is 10.4. The van der Waals surface area contributed by atoms with Crippen molar-refractivity contribution in [2.24, 2.45) is 0 Å². The molecule has 1 rings (SSSR count). The van der Waals surface area contributed by atoms with Crippen LogP contribution in [0.3, 0.4) is 0 Å². The van der Waals surface area contributed by atoms with Gasteiger partial charge in [0.25, 0.3) is 0 Å². The van der Waals surface area contributed by atoms with Crippen LogP contribution in [0.25, 0.3) is 0 Å². The Kier molecular flexibility index (Phi) is 7.08. The number of hydrogen-bond donors (Lipinski definition) is 2. The van der Waals surface area contributed by atoms with E-state index in [1.54, 1.807) is 7.11 Å². The summed E-state index contributed by atoms with van der Waals surface area (Å²) in [4.78, 5) is 0. The molecule has 0 spiro atoms. The van der Waals surface area contributed by atoms with Gasteiger partial charge in [-0.05, 0) is 53.5 Å². The maximum Gasteiger partial charge on any atom is 0.175 e. The predicted molar refractivity (Wildman–Crippen MR) is 75.3 cm³/mol. The highest BCUT2D eigenvalue weighted by Gasteiger charge is 2.10. The van der Waals surface area contributed by atoms with Crippen molar-refractivity contribution in [3.63, 3.8) is 0 Å². The molecule has 4 nitrogen and oxygen atoms in total. The van der Waals surface area contributed by atoms with E-state index in [1.165, 1.54) is 0 Å². The first-order valence-electron chi connectivity index (χ1n) is 6.03. The highest BCUT2D eigenvalue weighted by Crippen LogP contribution is 2.36. The van der Waals surface area contributed by atoms with Crippen LogP contribution in [0.15, 0.2) is 16.6 Å². The second-order valence-corrected chi connectivity index (χ2v) is 4.65. The molecule has 0 atom stereocenters. The van der Waals surface area contributed by atoms with Gasteiger partial charge in [-0.2, -0.15) is 0 Å². The second kappa shape index (κ2) is 8.34. The number of benzene rings is 1. The molecule has 2 N–H and O–H groups in total. The fraction of sp³-hybridized carbons (Fsp3) is 0.538. The van der Waals surface area contributed by atoms with E-state index >= 15 is 0 Å². The van der Waals surface area contributed by atoms with E-state index in [9.17, 15) is 0 Å². The van der Waals surface area contributed by atoms with Crippen LogP contribution in [0.4, 0.5) is 0 Å². The number of nitrogens with one attached hydrogen (secondary N) is 1. The Hall–Kier alpha value is -0.780.